The second-order valence-electron chi connectivity index (χ2n) is 2.20. The van der Waals surface area contributed by atoms with Crippen molar-refractivity contribution in [1.82, 2.24) is 0 Å². The average Bonchev–Trinajstić information content (AvgIpc) is 2.04. The Balaban J connectivity index is 3.55. The Labute approximate surface area is 69.6 Å². The molecule has 0 atom stereocenters. The molecular weight excluding hydrogens is 166 g/mol. The van der Waals surface area contributed by atoms with Crippen molar-refractivity contribution in [1.29, 1.82) is 0 Å². The van der Waals surface area contributed by atoms with Crippen LogP contribution in [0.25, 0.3) is 0 Å². The summed E-state index contributed by atoms with van der Waals surface area (Å²) in [6, 6.07) is 0. The summed E-state index contributed by atoms with van der Waals surface area (Å²) in [5.74, 6) is -3.02. The van der Waals surface area contributed by atoms with Crippen LogP contribution in [0.3, 0.4) is 0 Å². The van der Waals surface area contributed by atoms with E-state index in [1.54, 1.807) is 0 Å². The van der Waals surface area contributed by atoms with Crippen molar-refractivity contribution in [2.24, 2.45) is 10.7 Å². The van der Waals surface area contributed by atoms with Crippen molar-refractivity contribution in [3.63, 3.8) is 0 Å². The number of aliphatic hydroxyl groups is 1. The summed E-state index contributed by atoms with van der Waals surface area (Å²) < 4.78 is 24.6. The maximum absolute atomic E-state index is 12.3. The molecule has 0 aliphatic rings. The zero-order chi connectivity index (χ0) is 9.45. The van der Waals surface area contributed by atoms with Crippen LogP contribution < -0.4 is 5.73 Å². The van der Waals surface area contributed by atoms with E-state index in [0.29, 0.717) is 0 Å². The van der Waals surface area contributed by atoms with Gasteiger partial charge in [-0.15, -0.1) is 0 Å². The van der Waals surface area contributed by atoms with Gasteiger partial charge in [-0.05, 0) is 12.3 Å². The highest BCUT2D eigenvalue weighted by Gasteiger charge is 2.26. The third-order valence-corrected chi connectivity index (χ3v) is 1.14. The molecule has 0 aliphatic heterocycles. The van der Waals surface area contributed by atoms with Gasteiger partial charge < -0.3 is 10.8 Å². The number of nitrogens with zero attached hydrogens (tertiary/aromatic N) is 1. The molecule has 70 valence electrons. The van der Waals surface area contributed by atoms with E-state index in [0.717, 1.165) is 0 Å². The Morgan fingerprint density at radius 3 is 2.67 bits per heavy atom. The van der Waals surface area contributed by atoms with Gasteiger partial charge >= 0.3 is 0 Å². The fourth-order valence-electron chi connectivity index (χ4n) is 0.492. The summed E-state index contributed by atoms with van der Waals surface area (Å²) in [6.45, 7) is -1.15. The van der Waals surface area contributed by atoms with Gasteiger partial charge in [-0.3, -0.25) is 4.99 Å². The molecule has 0 heterocycles. The van der Waals surface area contributed by atoms with E-state index in [9.17, 15) is 8.78 Å². The van der Waals surface area contributed by atoms with E-state index in [1.165, 1.54) is 18.5 Å². The normalized spacial score (nSPS) is 13.2. The Bertz CT molecular complexity index is 169. The number of hydrogen-bond donors (Lipinski definition) is 2. The number of allylic oxidation sites excluding steroid dienone is 1. The molecule has 0 aromatic carbocycles. The summed E-state index contributed by atoms with van der Waals surface area (Å²) in [4.78, 5) is 3.61. The van der Waals surface area contributed by atoms with E-state index < -0.39 is 19.0 Å². The minimum atomic E-state index is -3.02. The van der Waals surface area contributed by atoms with Crippen molar-refractivity contribution in [2.75, 3.05) is 13.2 Å². The molecule has 0 aliphatic carbocycles. The predicted molar refractivity (Wildman–Crippen MR) is 43.3 cm³/mol. The molecule has 3 nitrogen and oxygen atoms in total. The zero-order valence-corrected chi connectivity index (χ0v) is 6.58. The van der Waals surface area contributed by atoms with E-state index >= 15 is 0 Å². The topological polar surface area (TPSA) is 58.6 Å². The molecule has 0 amide bonds. The van der Waals surface area contributed by atoms with Crippen LogP contribution in [-0.2, 0) is 0 Å². The minimum absolute atomic E-state index is 0.0160. The number of hydrogen-bond acceptors (Lipinski definition) is 3. The summed E-state index contributed by atoms with van der Waals surface area (Å²) in [6.07, 6.45) is 3.59. The predicted octanol–water partition coefficient (Wildman–Crippen LogP) is 0.547. The first-order valence-corrected chi connectivity index (χ1v) is 3.48. The Kier molecular flexibility index (Phi) is 5.19. The molecule has 0 aromatic heterocycles. The van der Waals surface area contributed by atoms with Crippen molar-refractivity contribution < 1.29 is 13.9 Å². The van der Waals surface area contributed by atoms with E-state index in [2.05, 4.69) is 4.99 Å². The number of rotatable bonds is 5. The van der Waals surface area contributed by atoms with E-state index in [1.807, 2.05) is 0 Å². The van der Waals surface area contributed by atoms with Gasteiger partial charge in [0.25, 0.3) is 5.92 Å². The van der Waals surface area contributed by atoms with Crippen LogP contribution >= 0.6 is 0 Å². The molecule has 0 bridgehead atoms. The number of nitrogens with two attached hydrogens (primary N) is 1. The first-order chi connectivity index (χ1) is 5.62. The largest absolute Gasteiger partial charge is 0.405 e. The van der Waals surface area contributed by atoms with Gasteiger partial charge in [-0.1, -0.05) is 0 Å². The molecule has 0 fully saturated rings. The first kappa shape index (κ1) is 11.0. The number of halogens is 2. The van der Waals surface area contributed by atoms with Crippen LogP contribution in [0, 0.1) is 0 Å². The summed E-state index contributed by atoms with van der Waals surface area (Å²) >= 11 is 0. The second-order valence-corrected chi connectivity index (χ2v) is 2.20. The molecule has 0 saturated carbocycles. The molecule has 0 spiro atoms. The van der Waals surface area contributed by atoms with Gasteiger partial charge in [-0.25, -0.2) is 8.78 Å². The van der Waals surface area contributed by atoms with Crippen LogP contribution in [0.4, 0.5) is 8.78 Å². The lowest BCUT2D eigenvalue weighted by molar-refractivity contribution is -0.0539. The summed E-state index contributed by atoms with van der Waals surface area (Å²) in [5.41, 5.74) is 4.96. The lowest BCUT2D eigenvalue weighted by atomic mass is 10.2. The lowest BCUT2D eigenvalue weighted by Crippen LogP contribution is -2.22. The quantitative estimate of drug-likeness (QED) is 0.604. The minimum Gasteiger partial charge on any atom is -0.405 e. The maximum atomic E-state index is 12.3. The third kappa shape index (κ3) is 5.79. The van der Waals surface area contributed by atoms with Crippen LogP contribution in [-0.4, -0.2) is 30.4 Å². The van der Waals surface area contributed by atoms with Crippen LogP contribution in [0.5, 0.6) is 0 Å². The van der Waals surface area contributed by atoms with Crippen molar-refractivity contribution in [3.05, 3.63) is 12.3 Å². The van der Waals surface area contributed by atoms with Gasteiger partial charge in [0.2, 0.25) is 0 Å². The standard InChI is InChI=1S/C7H12F2N2O/c8-7(9,6-12)2-5-11-4-1-3-10/h1,3-4,12H,2,5-6,10H2. The van der Waals surface area contributed by atoms with Gasteiger partial charge in [0.15, 0.2) is 0 Å². The molecule has 5 heteroatoms. The Morgan fingerprint density at radius 2 is 2.17 bits per heavy atom. The lowest BCUT2D eigenvalue weighted by Gasteiger charge is -2.09. The van der Waals surface area contributed by atoms with Crippen molar-refractivity contribution in [2.45, 2.75) is 12.3 Å². The van der Waals surface area contributed by atoms with Crippen LogP contribution in [0.2, 0.25) is 0 Å². The SMILES string of the molecule is NC=CC=NCCC(F)(F)CO. The van der Waals surface area contributed by atoms with Gasteiger partial charge in [0.05, 0.1) is 0 Å². The Hall–Kier alpha value is -0.970. The molecule has 3 N–H and O–H groups in total. The fourth-order valence-corrected chi connectivity index (χ4v) is 0.492. The second kappa shape index (κ2) is 5.65. The average molecular weight is 178 g/mol. The molecular formula is C7H12F2N2O. The van der Waals surface area contributed by atoms with Gasteiger partial charge in [-0.2, -0.15) is 0 Å². The first-order valence-electron chi connectivity index (χ1n) is 3.48. The Morgan fingerprint density at radius 1 is 1.50 bits per heavy atom. The molecule has 0 radical (unpaired) electrons. The smallest absolute Gasteiger partial charge is 0.272 e. The van der Waals surface area contributed by atoms with Gasteiger partial charge in [0.1, 0.15) is 6.61 Å². The fraction of sp³-hybridized carbons (Fsp3) is 0.571. The summed E-state index contributed by atoms with van der Waals surface area (Å²) in [7, 11) is 0. The highest BCUT2D eigenvalue weighted by molar-refractivity contribution is 5.70. The number of aliphatic hydroxyl groups excluding tert-OH is 1. The van der Waals surface area contributed by atoms with Crippen molar-refractivity contribution >= 4 is 6.21 Å². The zero-order valence-electron chi connectivity index (χ0n) is 6.58. The van der Waals surface area contributed by atoms with Crippen LogP contribution in [0.1, 0.15) is 6.42 Å². The van der Waals surface area contributed by atoms with Crippen molar-refractivity contribution in [3.8, 4) is 0 Å². The number of aliphatic imine (C=N–C) groups is 1. The molecule has 0 rings (SSSR count). The van der Waals surface area contributed by atoms with Gasteiger partial charge in [0, 0.05) is 19.2 Å². The maximum Gasteiger partial charge on any atom is 0.272 e. The van der Waals surface area contributed by atoms with E-state index in [4.69, 9.17) is 10.8 Å². The monoisotopic (exact) mass is 178 g/mol. The summed E-state index contributed by atoms with van der Waals surface area (Å²) in [5, 5.41) is 8.16. The van der Waals surface area contributed by atoms with Crippen LogP contribution in [0.15, 0.2) is 17.3 Å². The third-order valence-electron chi connectivity index (χ3n) is 1.14. The highest BCUT2D eigenvalue weighted by Crippen LogP contribution is 2.16. The number of alkyl halides is 2. The molecule has 0 aromatic rings. The van der Waals surface area contributed by atoms with E-state index in [-0.39, 0.29) is 6.54 Å². The molecule has 0 unspecified atom stereocenters. The molecule has 12 heavy (non-hydrogen) atoms. The highest BCUT2D eigenvalue weighted by atomic mass is 19.3. The molecule has 0 saturated heterocycles.